The van der Waals surface area contributed by atoms with Crippen LogP contribution in [0.15, 0.2) is 35.5 Å². The van der Waals surface area contributed by atoms with Crippen LogP contribution in [0, 0.1) is 0 Å². The number of guanidine groups is 1. The summed E-state index contributed by atoms with van der Waals surface area (Å²) < 4.78 is 42.3. The maximum absolute atomic E-state index is 12.3. The molecule has 0 saturated heterocycles. The number of nitrogens with zero attached hydrogens (tertiary/aromatic N) is 4. The maximum atomic E-state index is 12.3. The molecule has 0 bridgehead atoms. The molecular weight excluding hydrogens is 301 g/mol. The Morgan fingerprint density at radius 2 is 2.14 bits per heavy atom. The number of aryl methyl sites for hydroxylation is 1. The first-order chi connectivity index (χ1) is 10.3. The molecule has 1 aromatic carbocycles. The smallest absolute Gasteiger partial charge is 0.404 e. The highest BCUT2D eigenvalue weighted by molar-refractivity contribution is 5.93. The van der Waals surface area contributed by atoms with Crippen LogP contribution in [-0.4, -0.2) is 27.3 Å². The molecule has 1 aromatic heterocycles. The molecule has 0 saturated carbocycles. The van der Waals surface area contributed by atoms with Crippen molar-refractivity contribution in [1.29, 1.82) is 0 Å². The first-order valence-electron chi connectivity index (χ1n) is 6.10. The minimum absolute atomic E-state index is 0.0561. The minimum atomic E-state index is -4.79. The van der Waals surface area contributed by atoms with Gasteiger partial charge in [0.15, 0.2) is 11.7 Å². The van der Waals surface area contributed by atoms with Crippen LogP contribution in [-0.2, 0) is 13.6 Å². The molecule has 0 radical (unpaired) electrons. The number of anilines is 1. The van der Waals surface area contributed by atoms with E-state index < -0.39 is 12.1 Å². The van der Waals surface area contributed by atoms with Crippen molar-refractivity contribution < 1.29 is 17.9 Å². The van der Waals surface area contributed by atoms with E-state index >= 15 is 0 Å². The average Bonchev–Trinajstić information content (AvgIpc) is 2.83. The fraction of sp³-hybridized carbons (Fsp3) is 0.250. The molecule has 118 valence electrons. The molecule has 0 unspecified atom stereocenters. The van der Waals surface area contributed by atoms with Gasteiger partial charge in [-0.2, -0.15) is 0 Å². The second-order valence-electron chi connectivity index (χ2n) is 4.22. The van der Waals surface area contributed by atoms with Gasteiger partial charge in [0.1, 0.15) is 0 Å². The number of benzene rings is 1. The zero-order chi connectivity index (χ0) is 16.2. The molecule has 0 atom stereocenters. The van der Waals surface area contributed by atoms with Gasteiger partial charge >= 0.3 is 6.36 Å². The highest BCUT2D eigenvalue weighted by Gasteiger charge is 2.32. The number of nitrogens with two attached hydrogens (primary N) is 1. The predicted molar refractivity (Wildman–Crippen MR) is 73.1 cm³/mol. The van der Waals surface area contributed by atoms with E-state index in [1.165, 1.54) is 29.1 Å². The molecule has 0 amide bonds. The molecule has 0 aliphatic heterocycles. The third-order valence-corrected chi connectivity index (χ3v) is 2.60. The summed E-state index contributed by atoms with van der Waals surface area (Å²) in [6.45, 7) is 0.185. The second kappa shape index (κ2) is 6.33. The van der Waals surface area contributed by atoms with Crippen LogP contribution in [0.2, 0.25) is 0 Å². The summed E-state index contributed by atoms with van der Waals surface area (Å²) in [6.07, 6.45) is -3.28. The molecule has 2 rings (SSSR count). The van der Waals surface area contributed by atoms with Gasteiger partial charge in [-0.1, -0.05) is 17.3 Å². The Hall–Kier alpha value is -2.78. The van der Waals surface area contributed by atoms with Gasteiger partial charge < -0.3 is 15.8 Å². The van der Waals surface area contributed by atoms with Crippen molar-refractivity contribution in [3.05, 3.63) is 36.2 Å². The van der Waals surface area contributed by atoms with E-state index in [0.29, 0.717) is 5.69 Å². The van der Waals surface area contributed by atoms with Gasteiger partial charge in [0.25, 0.3) is 0 Å². The van der Waals surface area contributed by atoms with Crippen LogP contribution in [0.25, 0.3) is 0 Å². The average molecular weight is 314 g/mol. The number of ether oxygens (including phenoxy) is 1. The van der Waals surface area contributed by atoms with Crippen molar-refractivity contribution >= 4 is 11.6 Å². The minimum Gasteiger partial charge on any atom is -0.404 e. The zero-order valence-corrected chi connectivity index (χ0v) is 11.5. The Kier molecular flexibility index (Phi) is 4.49. The molecule has 2 aromatic rings. The van der Waals surface area contributed by atoms with E-state index in [0.717, 1.165) is 0 Å². The number of aliphatic imine (C=N–C) groups is 1. The van der Waals surface area contributed by atoms with Crippen molar-refractivity contribution in [2.24, 2.45) is 17.8 Å². The molecule has 0 fully saturated rings. The summed E-state index contributed by atoms with van der Waals surface area (Å²) in [5.74, 6) is -0.449. The summed E-state index contributed by atoms with van der Waals surface area (Å²) in [5, 5.41) is 9.97. The van der Waals surface area contributed by atoms with Crippen molar-refractivity contribution in [3.8, 4) is 5.75 Å². The van der Waals surface area contributed by atoms with E-state index in [-0.39, 0.29) is 18.2 Å². The summed E-state index contributed by atoms with van der Waals surface area (Å²) in [5.41, 5.74) is 6.42. The number of para-hydroxylation sites is 2. The lowest BCUT2D eigenvalue weighted by atomic mass is 10.3. The number of halogens is 3. The summed E-state index contributed by atoms with van der Waals surface area (Å²) >= 11 is 0. The van der Waals surface area contributed by atoms with Gasteiger partial charge in [-0.3, -0.25) is 4.68 Å². The standard InChI is InChI=1S/C12H13F3N6O/c1-21-8(7-18-20-21)6-17-11(16)19-9-4-2-3-5-10(9)22-12(13,14)15/h2-5,7H,6H2,1H3,(H3,16,17,19). The lowest BCUT2D eigenvalue weighted by molar-refractivity contribution is -0.274. The summed E-state index contributed by atoms with van der Waals surface area (Å²) in [6, 6.07) is 5.54. The van der Waals surface area contributed by atoms with Gasteiger partial charge in [-0.15, -0.1) is 18.3 Å². The highest BCUT2D eigenvalue weighted by atomic mass is 19.4. The van der Waals surface area contributed by atoms with Gasteiger partial charge in [-0.25, -0.2) is 4.99 Å². The maximum Gasteiger partial charge on any atom is 0.573 e. The molecule has 0 aliphatic rings. The van der Waals surface area contributed by atoms with Gasteiger partial charge in [-0.05, 0) is 12.1 Å². The van der Waals surface area contributed by atoms with Crippen LogP contribution >= 0.6 is 0 Å². The normalized spacial score (nSPS) is 12.3. The van der Waals surface area contributed by atoms with Crippen molar-refractivity contribution in [2.75, 3.05) is 5.32 Å². The molecule has 10 heteroatoms. The second-order valence-corrected chi connectivity index (χ2v) is 4.22. The van der Waals surface area contributed by atoms with E-state index in [1.54, 1.807) is 13.1 Å². The number of hydrogen-bond donors (Lipinski definition) is 2. The number of nitrogens with one attached hydrogen (secondary N) is 1. The first-order valence-corrected chi connectivity index (χ1v) is 6.10. The fourth-order valence-corrected chi connectivity index (χ4v) is 1.58. The Morgan fingerprint density at radius 1 is 1.41 bits per heavy atom. The number of aromatic nitrogens is 3. The molecule has 1 heterocycles. The van der Waals surface area contributed by atoms with E-state index in [9.17, 15) is 13.2 Å². The SMILES string of the molecule is Cn1nncc1CN=C(N)Nc1ccccc1OC(F)(F)F. The van der Waals surface area contributed by atoms with E-state index in [4.69, 9.17) is 5.73 Å². The van der Waals surface area contributed by atoms with Gasteiger partial charge in [0, 0.05) is 7.05 Å². The molecular formula is C12H13F3N6O. The predicted octanol–water partition coefficient (Wildman–Crippen LogP) is 1.64. The van der Waals surface area contributed by atoms with Crippen molar-refractivity contribution in [3.63, 3.8) is 0 Å². The molecule has 7 nitrogen and oxygen atoms in total. The lowest BCUT2D eigenvalue weighted by Gasteiger charge is -2.14. The van der Waals surface area contributed by atoms with Crippen LogP contribution < -0.4 is 15.8 Å². The largest absolute Gasteiger partial charge is 0.573 e. The zero-order valence-electron chi connectivity index (χ0n) is 11.5. The van der Waals surface area contributed by atoms with Crippen LogP contribution in [0.3, 0.4) is 0 Å². The van der Waals surface area contributed by atoms with Gasteiger partial charge in [0.2, 0.25) is 0 Å². The van der Waals surface area contributed by atoms with Crippen LogP contribution in [0.1, 0.15) is 5.69 Å². The third-order valence-electron chi connectivity index (χ3n) is 2.60. The lowest BCUT2D eigenvalue weighted by Crippen LogP contribution is -2.24. The van der Waals surface area contributed by atoms with Crippen LogP contribution in [0.5, 0.6) is 5.75 Å². The molecule has 0 aliphatic carbocycles. The highest BCUT2D eigenvalue weighted by Crippen LogP contribution is 2.29. The monoisotopic (exact) mass is 314 g/mol. The Labute approximate surface area is 123 Å². The number of hydrogen-bond acceptors (Lipinski definition) is 4. The summed E-state index contributed by atoms with van der Waals surface area (Å²) in [7, 11) is 1.69. The third kappa shape index (κ3) is 4.36. The quantitative estimate of drug-likeness (QED) is 0.661. The first kappa shape index (κ1) is 15.6. The summed E-state index contributed by atoms with van der Waals surface area (Å²) in [4.78, 5) is 4.01. The number of alkyl halides is 3. The van der Waals surface area contributed by atoms with E-state index in [1.807, 2.05) is 0 Å². The number of rotatable bonds is 4. The molecule has 22 heavy (non-hydrogen) atoms. The fourth-order valence-electron chi connectivity index (χ4n) is 1.58. The Balaban J connectivity index is 2.08. The van der Waals surface area contributed by atoms with Gasteiger partial charge in [0.05, 0.1) is 24.1 Å². The van der Waals surface area contributed by atoms with E-state index in [2.05, 4.69) is 25.4 Å². The Bertz CT molecular complexity index is 667. The van der Waals surface area contributed by atoms with Crippen molar-refractivity contribution in [2.45, 2.75) is 12.9 Å². The molecule has 3 N–H and O–H groups in total. The van der Waals surface area contributed by atoms with Crippen molar-refractivity contribution in [1.82, 2.24) is 15.0 Å². The molecule has 0 spiro atoms. The van der Waals surface area contributed by atoms with Crippen LogP contribution in [0.4, 0.5) is 18.9 Å². The topological polar surface area (TPSA) is 90.4 Å². The Morgan fingerprint density at radius 3 is 2.77 bits per heavy atom.